The van der Waals surface area contributed by atoms with Crippen molar-refractivity contribution >= 4 is 11.0 Å². The maximum absolute atomic E-state index is 6.05. The lowest BCUT2D eigenvalue weighted by Gasteiger charge is -2.12. The molecule has 1 aromatic heterocycles. The Labute approximate surface area is 184 Å². The van der Waals surface area contributed by atoms with E-state index in [0.29, 0.717) is 13.2 Å². The van der Waals surface area contributed by atoms with Gasteiger partial charge in [-0.2, -0.15) is 0 Å². The molecule has 1 heterocycles. The molecule has 4 aromatic rings. The molecule has 4 rings (SSSR count). The third-order valence-corrected chi connectivity index (χ3v) is 5.42. The summed E-state index contributed by atoms with van der Waals surface area (Å²) in [5.41, 5.74) is 5.89. The minimum absolute atomic E-state index is 0.443. The number of imidazole rings is 1. The lowest BCUT2D eigenvalue weighted by molar-refractivity contribution is 0.280. The van der Waals surface area contributed by atoms with Crippen molar-refractivity contribution in [3.8, 4) is 11.5 Å². The standard InChI is InChI=1S/C27H30N2O2/c1-4-22-10-12-23(13-11-22)31-19-27-28-25-8-5-6-9-26(25)29(27)14-7-15-30-24-17-20(2)16-21(3)18-24/h5-6,8-13,16-18H,4,7,14-15,19H2,1-3H3. The van der Waals surface area contributed by atoms with Crippen molar-refractivity contribution in [1.29, 1.82) is 0 Å². The summed E-state index contributed by atoms with van der Waals surface area (Å²) in [6.07, 6.45) is 1.92. The molecule has 0 aliphatic rings. The van der Waals surface area contributed by atoms with E-state index in [-0.39, 0.29) is 0 Å². The van der Waals surface area contributed by atoms with Gasteiger partial charge in [-0.3, -0.25) is 0 Å². The molecule has 0 saturated carbocycles. The van der Waals surface area contributed by atoms with E-state index in [9.17, 15) is 0 Å². The van der Waals surface area contributed by atoms with Crippen molar-refractivity contribution in [1.82, 2.24) is 9.55 Å². The molecule has 0 radical (unpaired) electrons. The molecule has 160 valence electrons. The largest absolute Gasteiger partial charge is 0.494 e. The summed E-state index contributed by atoms with van der Waals surface area (Å²) in [4.78, 5) is 4.82. The first-order chi connectivity index (χ1) is 15.1. The monoisotopic (exact) mass is 414 g/mol. The maximum Gasteiger partial charge on any atom is 0.147 e. The van der Waals surface area contributed by atoms with Crippen LogP contribution in [0.5, 0.6) is 11.5 Å². The summed E-state index contributed by atoms with van der Waals surface area (Å²) in [6.45, 7) is 8.28. The predicted octanol–water partition coefficient (Wildman–Crippen LogP) is 6.26. The SMILES string of the molecule is CCc1ccc(OCc2nc3ccccc3n2CCCOc2cc(C)cc(C)c2)cc1. The van der Waals surface area contributed by atoms with E-state index in [2.05, 4.69) is 73.9 Å². The predicted molar refractivity (Wildman–Crippen MR) is 126 cm³/mol. The Morgan fingerprint density at radius 3 is 2.32 bits per heavy atom. The normalized spacial score (nSPS) is 11.1. The van der Waals surface area contributed by atoms with Crippen LogP contribution in [0.3, 0.4) is 0 Å². The zero-order valence-corrected chi connectivity index (χ0v) is 18.6. The molecule has 0 atom stereocenters. The lowest BCUT2D eigenvalue weighted by atomic mass is 10.1. The molecule has 0 fully saturated rings. The topological polar surface area (TPSA) is 36.3 Å². The van der Waals surface area contributed by atoms with E-state index in [1.54, 1.807) is 0 Å². The molecule has 0 N–H and O–H groups in total. The fourth-order valence-electron chi connectivity index (χ4n) is 3.88. The van der Waals surface area contributed by atoms with Crippen molar-refractivity contribution in [3.63, 3.8) is 0 Å². The molecule has 0 amide bonds. The van der Waals surface area contributed by atoms with Gasteiger partial charge in [0, 0.05) is 6.54 Å². The van der Waals surface area contributed by atoms with Gasteiger partial charge in [-0.05, 0) is 79.8 Å². The maximum atomic E-state index is 6.05. The van der Waals surface area contributed by atoms with E-state index < -0.39 is 0 Å². The van der Waals surface area contributed by atoms with E-state index >= 15 is 0 Å². The lowest BCUT2D eigenvalue weighted by Crippen LogP contribution is -2.10. The van der Waals surface area contributed by atoms with Crippen LogP contribution in [0.4, 0.5) is 0 Å². The van der Waals surface area contributed by atoms with Crippen LogP contribution in [0.1, 0.15) is 35.9 Å². The van der Waals surface area contributed by atoms with Crippen LogP contribution < -0.4 is 9.47 Å². The highest BCUT2D eigenvalue weighted by atomic mass is 16.5. The zero-order chi connectivity index (χ0) is 21.6. The highest BCUT2D eigenvalue weighted by molar-refractivity contribution is 5.75. The van der Waals surface area contributed by atoms with E-state index in [1.807, 2.05) is 18.2 Å². The molecular formula is C27H30N2O2. The Kier molecular flexibility index (Phi) is 6.56. The summed E-state index contributed by atoms with van der Waals surface area (Å²) in [5, 5.41) is 0. The van der Waals surface area contributed by atoms with Crippen LogP contribution in [0.25, 0.3) is 11.0 Å². The number of para-hydroxylation sites is 2. The Hall–Kier alpha value is -3.27. The molecule has 0 aliphatic heterocycles. The summed E-state index contributed by atoms with van der Waals surface area (Å²) < 4.78 is 14.3. The van der Waals surface area contributed by atoms with Crippen LogP contribution in [0, 0.1) is 13.8 Å². The Morgan fingerprint density at radius 2 is 1.58 bits per heavy atom. The minimum atomic E-state index is 0.443. The van der Waals surface area contributed by atoms with Gasteiger partial charge >= 0.3 is 0 Å². The van der Waals surface area contributed by atoms with Gasteiger partial charge in [0.05, 0.1) is 17.6 Å². The summed E-state index contributed by atoms with van der Waals surface area (Å²) in [7, 11) is 0. The van der Waals surface area contributed by atoms with Crippen molar-refractivity contribution in [3.05, 3.63) is 89.2 Å². The summed E-state index contributed by atoms with van der Waals surface area (Å²) in [5.74, 6) is 2.74. The molecule has 3 aromatic carbocycles. The van der Waals surface area contributed by atoms with E-state index in [1.165, 1.54) is 16.7 Å². The van der Waals surface area contributed by atoms with Crippen LogP contribution in [0.15, 0.2) is 66.7 Å². The average Bonchev–Trinajstić information content (AvgIpc) is 3.12. The highest BCUT2D eigenvalue weighted by Gasteiger charge is 2.11. The molecule has 0 bridgehead atoms. The third kappa shape index (κ3) is 5.26. The second-order valence-corrected chi connectivity index (χ2v) is 7.98. The number of nitrogens with zero attached hydrogens (tertiary/aromatic N) is 2. The molecule has 4 nitrogen and oxygen atoms in total. The first kappa shape index (κ1) is 21.0. The number of benzene rings is 3. The summed E-state index contributed by atoms with van der Waals surface area (Å²) in [6, 6.07) is 22.9. The van der Waals surface area contributed by atoms with Crippen molar-refractivity contribution < 1.29 is 9.47 Å². The van der Waals surface area contributed by atoms with Gasteiger partial charge in [0.15, 0.2) is 0 Å². The Bertz CT molecular complexity index is 1130. The van der Waals surface area contributed by atoms with Crippen molar-refractivity contribution in [2.24, 2.45) is 0 Å². The van der Waals surface area contributed by atoms with Crippen molar-refractivity contribution in [2.45, 2.75) is 46.8 Å². The van der Waals surface area contributed by atoms with Crippen LogP contribution in [-0.2, 0) is 19.6 Å². The number of aryl methyl sites for hydroxylation is 4. The van der Waals surface area contributed by atoms with E-state index in [4.69, 9.17) is 14.5 Å². The van der Waals surface area contributed by atoms with Gasteiger partial charge in [-0.25, -0.2) is 4.98 Å². The molecule has 0 aliphatic carbocycles. The molecule has 0 saturated heterocycles. The fraction of sp³-hybridized carbons (Fsp3) is 0.296. The molecule has 0 unspecified atom stereocenters. The smallest absolute Gasteiger partial charge is 0.147 e. The van der Waals surface area contributed by atoms with Gasteiger partial charge in [0.1, 0.15) is 23.9 Å². The van der Waals surface area contributed by atoms with E-state index in [0.717, 1.165) is 47.7 Å². The van der Waals surface area contributed by atoms with Gasteiger partial charge < -0.3 is 14.0 Å². The second-order valence-electron chi connectivity index (χ2n) is 7.98. The Morgan fingerprint density at radius 1 is 0.839 bits per heavy atom. The Balaban J connectivity index is 1.43. The van der Waals surface area contributed by atoms with Crippen LogP contribution in [0.2, 0.25) is 0 Å². The fourth-order valence-corrected chi connectivity index (χ4v) is 3.88. The zero-order valence-electron chi connectivity index (χ0n) is 18.6. The number of hydrogen-bond acceptors (Lipinski definition) is 3. The number of hydrogen-bond donors (Lipinski definition) is 0. The molecular weight excluding hydrogens is 384 g/mol. The first-order valence-electron chi connectivity index (χ1n) is 11.0. The van der Waals surface area contributed by atoms with Crippen LogP contribution >= 0.6 is 0 Å². The van der Waals surface area contributed by atoms with Crippen molar-refractivity contribution in [2.75, 3.05) is 6.61 Å². The third-order valence-electron chi connectivity index (χ3n) is 5.42. The van der Waals surface area contributed by atoms with Crippen LogP contribution in [-0.4, -0.2) is 16.2 Å². The summed E-state index contributed by atoms with van der Waals surface area (Å²) >= 11 is 0. The minimum Gasteiger partial charge on any atom is -0.494 e. The van der Waals surface area contributed by atoms with Gasteiger partial charge in [-0.1, -0.05) is 37.3 Å². The molecule has 31 heavy (non-hydrogen) atoms. The van der Waals surface area contributed by atoms with Gasteiger partial charge in [0.2, 0.25) is 0 Å². The van der Waals surface area contributed by atoms with Gasteiger partial charge in [-0.15, -0.1) is 0 Å². The van der Waals surface area contributed by atoms with Gasteiger partial charge in [0.25, 0.3) is 0 Å². The first-order valence-corrected chi connectivity index (χ1v) is 11.0. The number of ether oxygens (including phenoxy) is 2. The molecule has 4 heteroatoms. The quantitative estimate of drug-likeness (QED) is 0.303. The number of fused-ring (bicyclic) bond motifs is 1. The second kappa shape index (κ2) is 9.69. The number of rotatable bonds is 9. The number of aromatic nitrogens is 2. The highest BCUT2D eigenvalue weighted by Crippen LogP contribution is 2.20. The average molecular weight is 415 g/mol. The molecule has 0 spiro atoms.